The Kier molecular flexibility index (Phi) is 4.25. The number of aromatic nitrogens is 4. The van der Waals surface area contributed by atoms with Gasteiger partial charge < -0.3 is 4.74 Å². The van der Waals surface area contributed by atoms with E-state index in [2.05, 4.69) is 10.1 Å². The number of nitrogens with zero attached hydrogens (tertiary/aromatic N) is 4. The van der Waals surface area contributed by atoms with Gasteiger partial charge in [0.1, 0.15) is 17.4 Å². The van der Waals surface area contributed by atoms with Gasteiger partial charge in [-0.25, -0.2) is 14.5 Å². The lowest BCUT2D eigenvalue weighted by molar-refractivity contribution is 0.305. The lowest BCUT2D eigenvalue weighted by Crippen LogP contribution is -2.21. The topological polar surface area (TPSA) is 61.4 Å². The monoisotopic (exact) mass is 372 g/mol. The van der Waals surface area contributed by atoms with Crippen LogP contribution in [0.15, 0.2) is 58.8 Å². The van der Waals surface area contributed by atoms with Crippen LogP contribution in [0.4, 0.5) is 0 Å². The van der Waals surface area contributed by atoms with Crippen LogP contribution in [0.25, 0.3) is 5.65 Å². The van der Waals surface area contributed by atoms with Crippen molar-refractivity contribution in [1.29, 1.82) is 0 Å². The van der Waals surface area contributed by atoms with Crippen LogP contribution in [0, 0.1) is 0 Å². The predicted molar refractivity (Wildman–Crippen MR) is 96.5 cm³/mol. The van der Waals surface area contributed by atoms with E-state index in [1.807, 2.05) is 23.6 Å². The number of thiazole rings is 1. The summed E-state index contributed by atoms with van der Waals surface area (Å²) in [6.07, 6.45) is 1.70. The van der Waals surface area contributed by atoms with Gasteiger partial charge >= 0.3 is 5.69 Å². The van der Waals surface area contributed by atoms with Crippen molar-refractivity contribution in [2.45, 2.75) is 13.2 Å². The SMILES string of the molecule is O=c1n(Cc2csc(COc3ccc(Cl)cc3)n2)nc2ccccn12. The Labute approximate surface area is 151 Å². The lowest BCUT2D eigenvalue weighted by Gasteiger charge is -2.03. The third-order valence-electron chi connectivity index (χ3n) is 3.58. The molecule has 0 radical (unpaired) electrons. The Morgan fingerprint density at radius 3 is 2.80 bits per heavy atom. The van der Waals surface area contributed by atoms with Gasteiger partial charge in [-0.05, 0) is 36.4 Å². The second-order valence-corrected chi connectivity index (χ2v) is 6.72. The summed E-state index contributed by atoms with van der Waals surface area (Å²) in [5.41, 5.74) is 1.22. The number of hydrogen-bond donors (Lipinski definition) is 0. The molecule has 8 heteroatoms. The molecule has 0 saturated carbocycles. The van der Waals surface area contributed by atoms with E-state index in [-0.39, 0.29) is 5.69 Å². The quantitative estimate of drug-likeness (QED) is 0.539. The van der Waals surface area contributed by atoms with Crippen molar-refractivity contribution in [3.8, 4) is 5.75 Å². The molecule has 1 aromatic carbocycles. The molecule has 3 heterocycles. The summed E-state index contributed by atoms with van der Waals surface area (Å²) in [4.78, 5) is 16.8. The number of pyridine rings is 1. The average Bonchev–Trinajstić information content (AvgIpc) is 3.20. The van der Waals surface area contributed by atoms with E-state index in [4.69, 9.17) is 16.3 Å². The Balaban J connectivity index is 1.46. The molecule has 0 aliphatic heterocycles. The zero-order valence-electron chi connectivity index (χ0n) is 13.0. The molecule has 0 unspecified atom stereocenters. The van der Waals surface area contributed by atoms with Gasteiger partial charge in [-0.2, -0.15) is 0 Å². The fraction of sp³-hybridized carbons (Fsp3) is 0.118. The number of halogens is 1. The Hall–Kier alpha value is -2.64. The highest BCUT2D eigenvalue weighted by molar-refractivity contribution is 7.09. The fourth-order valence-corrected chi connectivity index (χ4v) is 3.21. The lowest BCUT2D eigenvalue weighted by atomic mass is 10.3. The van der Waals surface area contributed by atoms with Crippen molar-refractivity contribution in [1.82, 2.24) is 19.2 Å². The van der Waals surface area contributed by atoms with Crippen LogP contribution in [-0.2, 0) is 13.2 Å². The van der Waals surface area contributed by atoms with Crippen molar-refractivity contribution >= 4 is 28.6 Å². The zero-order chi connectivity index (χ0) is 17.2. The van der Waals surface area contributed by atoms with Crippen LogP contribution in [0.3, 0.4) is 0 Å². The molecule has 25 heavy (non-hydrogen) atoms. The largest absolute Gasteiger partial charge is 0.486 e. The summed E-state index contributed by atoms with van der Waals surface area (Å²) in [6, 6.07) is 12.6. The summed E-state index contributed by atoms with van der Waals surface area (Å²) >= 11 is 7.34. The molecule has 0 amide bonds. The molecule has 0 aliphatic carbocycles. The maximum atomic E-state index is 12.3. The van der Waals surface area contributed by atoms with Crippen LogP contribution in [0.1, 0.15) is 10.7 Å². The highest BCUT2D eigenvalue weighted by Gasteiger charge is 2.09. The van der Waals surface area contributed by atoms with E-state index >= 15 is 0 Å². The highest BCUT2D eigenvalue weighted by atomic mass is 35.5. The first kappa shape index (κ1) is 15.9. The maximum Gasteiger partial charge on any atom is 0.350 e. The smallest absolute Gasteiger partial charge is 0.350 e. The van der Waals surface area contributed by atoms with E-state index in [1.54, 1.807) is 30.5 Å². The van der Waals surface area contributed by atoms with Crippen LogP contribution in [0.2, 0.25) is 5.02 Å². The fourth-order valence-electron chi connectivity index (χ4n) is 2.39. The highest BCUT2D eigenvalue weighted by Crippen LogP contribution is 2.18. The minimum Gasteiger partial charge on any atom is -0.486 e. The minimum atomic E-state index is -0.178. The first-order chi connectivity index (χ1) is 12.2. The van der Waals surface area contributed by atoms with Crippen molar-refractivity contribution in [2.24, 2.45) is 0 Å². The maximum absolute atomic E-state index is 12.3. The van der Waals surface area contributed by atoms with E-state index in [0.717, 1.165) is 16.5 Å². The summed E-state index contributed by atoms with van der Waals surface area (Å²) in [7, 11) is 0. The molecule has 4 aromatic rings. The summed E-state index contributed by atoms with van der Waals surface area (Å²) in [5, 5.41) is 7.72. The number of hydrogen-bond acceptors (Lipinski definition) is 5. The molecule has 0 spiro atoms. The molecule has 0 aliphatic rings. The van der Waals surface area contributed by atoms with Crippen LogP contribution < -0.4 is 10.4 Å². The Morgan fingerprint density at radius 1 is 1.16 bits per heavy atom. The van der Waals surface area contributed by atoms with E-state index < -0.39 is 0 Å². The van der Waals surface area contributed by atoms with Gasteiger partial charge in [-0.3, -0.25) is 4.40 Å². The van der Waals surface area contributed by atoms with Crippen LogP contribution >= 0.6 is 22.9 Å². The van der Waals surface area contributed by atoms with Gasteiger partial charge in [-0.15, -0.1) is 16.4 Å². The van der Waals surface area contributed by atoms with Crippen molar-refractivity contribution in [2.75, 3.05) is 0 Å². The predicted octanol–water partition coefficient (Wildman–Crippen LogP) is 3.23. The molecule has 3 aromatic heterocycles. The standard InChI is InChI=1S/C17H13ClN4O2S/c18-12-4-6-14(7-5-12)24-10-16-19-13(11-25-16)9-22-17(23)21-8-2-1-3-15(21)20-22/h1-8,11H,9-10H2. The second kappa shape index (κ2) is 6.70. The van der Waals surface area contributed by atoms with Crippen LogP contribution in [0.5, 0.6) is 5.75 Å². The van der Waals surface area contributed by atoms with Crippen molar-refractivity contribution in [3.05, 3.63) is 80.2 Å². The van der Waals surface area contributed by atoms with E-state index in [9.17, 15) is 4.79 Å². The second-order valence-electron chi connectivity index (χ2n) is 5.34. The molecule has 6 nitrogen and oxygen atoms in total. The molecular weight excluding hydrogens is 360 g/mol. The summed E-state index contributed by atoms with van der Waals surface area (Å²) in [6.45, 7) is 0.699. The van der Waals surface area contributed by atoms with Gasteiger partial charge in [0.15, 0.2) is 5.65 Å². The first-order valence-corrected chi connectivity index (χ1v) is 8.81. The molecular formula is C17H13ClN4O2S. The molecule has 0 bridgehead atoms. The van der Waals surface area contributed by atoms with Gasteiger partial charge in [0.25, 0.3) is 0 Å². The van der Waals surface area contributed by atoms with E-state index in [1.165, 1.54) is 20.4 Å². The zero-order valence-corrected chi connectivity index (χ0v) is 14.6. The van der Waals surface area contributed by atoms with Crippen molar-refractivity contribution in [3.63, 3.8) is 0 Å². The first-order valence-electron chi connectivity index (χ1n) is 7.55. The Morgan fingerprint density at radius 2 is 2.00 bits per heavy atom. The van der Waals surface area contributed by atoms with Gasteiger partial charge in [0.05, 0.1) is 12.2 Å². The normalized spacial score (nSPS) is 11.1. The average molecular weight is 373 g/mol. The van der Waals surface area contributed by atoms with Crippen LogP contribution in [-0.4, -0.2) is 19.2 Å². The van der Waals surface area contributed by atoms with Crippen molar-refractivity contribution < 1.29 is 4.74 Å². The summed E-state index contributed by atoms with van der Waals surface area (Å²) < 4.78 is 8.61. The molecule has 126 valence electrons. The molecule has 4 rings (SSSR count). The number of fused-ring (bicyclic) bond motifs is 1. The third kappa shape index (κ3) is 3.42. The van der Waals surface area contributed by atoms with E-state index in [0.29, 0.717) is 23.8 Å². The minimum absolute atomic E-state index is 0.178. The molecule has 0 atom stereocenters. The number of benzene rings is 1. The number of rotatable bonds is 5. The van der Waals surface area contributed by atoms with Gasteiger partial charge in [0, 0.05) is 16.6 Å². The van der Waals surface area contributed by atoms with Gasteiger partial charge in [0.2, 0.25) is 0 Å². The molecule has 0 N–H and O–H groups in total. The third-order valence-corrected chi connectivity index (χ3v) is 4.70. The Bertz CT molecular complexity index is 1070. The number of ether oxygens (including phenoxy) is 1. The summed E-state index contributed by atoms with van der Waals surface area (Å²) in [5.74, 6) is 0.734. The molecule has 0 fully saturated rings. The molecule has 0 saturated heterocycles. The van der Waals surface area contributed by atoms with Gasteiger partial charge in [-0.1, -0.05) is 17.7 Å².